The highest BCUT2D eigenvalue weighted by Crippen LogP contribution is 2.29. The van der Waals surface area contributed by atoms with Crippen molar-refractivity contribution in [1.82, 2.24) is 9.88 Å². The lowest BCUT2D eigenvalue weighted by molar-refractivity contribution is -0.113. The van der Waals surface area contributed by atoms with Crippen LogP contribution in [0.5, 0.6) is 5.75 Å². The van der Waals surface area contributed by atoms with Gasteiger partial charge in [0.1, 0.15) is 10.1 Å². The molecule has 1 saturated heterocycles. The lowest BCUT2D eigenvalue weighted by atomic mass is 10.2. The number of aromatic nitrogens is 1. The molecule has 0 spiro atoms. The first kappa shape index (κ1) is 21.9. The van der Waals surface area contributed by atoms with Gasteiger partial charge < -0.3 is 19.9 Å². The number of nitrogens with one attached hydrogen (secondary N) is 1. The summed E-state index contributed by atoms with van der Waals surface area (Å²) in [6.45, 7) is 6.14. The van der Waals surface area contributed by atoms with Crippen molar-refractivity contribution in [2.45, 2.75) is 6.92 Å². The highest BCUT2D eigenvalue weighted by molar-refractivity contribution is 8.23. The first-order valence-electron chi connectivity index (χ1n) is 10.2. The third-order valence-corrected chi connectivity index (χ3v) is 7.36. The Morgan fingerprint density at radius 2 is 1.97 bits per heavy atom. The lowest BCUT2D eigenvalue weighted by Crippen LogP contribution is -2.47. The number of nitrogens with zero attached hydrogens (tertiary/aromatic N) is 3. The normalized spacial score (nSPS) is 14.0. The fraction of sp³-hybridized carbons (Fsp3) is 0.318. The third kappa shape index (κ3) is 5.66. The molecule has 0 saturated carbocycles. The summed E-state index contributed by atoms with van der Waals surface area (Å²) in [4.78, 5) is 21.4. The van der Waals surface area contributed by atoms with Crippen molar-refractivity contribution >= 4 is 66.6 Å². The van der Waals surface area contributed by atoms with Gasteiger partial charge in [-0.2, -0.15) is 0 Å². The molecule has 3 aromatic rings. The molecule has 162 valence electrons. The number of anilines is 2. The second-order valence-corrected chi connectivity index (χ2v) is 9.63. The van der Waals surface area contributed by atoms with Crippen molar-refractivity contribution < 1.29 is 9.53 Å². The monoisotopic (exact) mass is 472 g/mol. The van der Waals surface area contributed by atoms with E-state index in [0.29, 0.717) is 11.7 Å². The molecule has 0 atom stereocenters. The van der Waals surface area contributed by atoms with Gasteiger partial charge in [-0.05, 0) is 37.3 Å². The van der Waals surface area contributed by atoms with Crippen molar-refractivity contribution in [3.8, 4) is 5.75 Å². The highest BCUT2D eigenvalue weighted by atomic mass is 32.2. The predicted molar refractivity (Wildman–Crippen MR) is 135 cm³/mol. The average Bonchev–Trinajstić information content (AvgIpc) is 3.20. The number of carbonyl (C=O) groups excluding carboxylic acids is 1. The number of ether oxygens (including phenoxy) is 1. The fourth-order valence-corrected chi connectivity index (χ4v) is 5.34. The molecule has 1 fully saturated rings. The number of piperazine rings is 1. The Morgan fingerprint density at radius 1 is 1.19 bits per heavy atom. The van der Waals surface area contributed by atoms with Crippen LogP contribution < -0.4 is 15.0 Å². The minimum Gasteiger partial charge on any atom is -0.494 e. The molecular weight excluding hydrogens is 448 g/mol. The Labute approximate surface area is 195 Å². The minimum absolute atomic E-state index is 0.0978. The van der Waals surface area contributed by atoms with Gasteiger partial charge in [0.25, 0.3) is 0 Å². The Hall–Kier alpha value is -2.36. The highest BCUT2D eigenvalue weighted by Gasteiger charge is 2.20. The molecule has 2 heterocycles. The van der Waals surface area contributed by atoms with E-state index in [1.54, 1.807) is 0 Å². The minimum atomic E-state index is -0.0978. The number of amides is 1. The molecule has 1 N–H and O–H groups in total. The molecule has 1 aliphatic rings. The van der Waals surface area contributed by atoms with Crippen LogP contribution in [0.4, 0.5) is 10.8 Å². The van der Waals surface area contributed by atoms with Crippen LogP contribution in [0.2, 0.25) is 0 Å². The Bertz CT molecular complexity index is 1050. The van der Waals surface area contributed by atoms with Crippen LogP contribution in [0, 0.1) is 0 Å². The van der Waals surface area contributed by atoms with Crippen LogP contribution in [-0.2, 0) is 4.79 Å². The van der Waals surface area contributed by atoms with E-state index in [2.05, 4.69) is 44.4 Å². The fourth-order valence-electron chi connectivity index (χ4n) is 3.37. The molecule has 6 nitrogen and oxygen atoms in total. The van der Waals surface area contributed by atoms with Crippen LogP contribution in [0.1, 0.15) is 6.92 Å². The van der Waals surface area contributed by atoms with Gasteiger partial charge in [-0.3, -0.25) is 4.79 Å². The second kappa shape index (κ2) is 10.3. The molecule has 1 aromatic heterocycles. The molecule has 31 heavy (non-hydrogen) atoms. The Balaban J connectivity index is 1.24. The number of thiazole rings is 1. The maximum absolute atomic E-state index is 12.4. The standard InChI is InChI=1S/C22H24N4O2S3/c1-2-28-17-8-9-18-19(14-17)31-21(23-18)24-20(27)15-30-22(29)26-12-10-25(11-13-26)16-6-4-3-5-7-16/h3-9,14H,2,10-13,15H2,1H3,(H,23,24,27). The van der Waals surface area contributed by atoms with Gasteiger partial charge in [0.15, 0.2) is 5.13 Å². The molecule has 1 aliphatic heterocycles. The average molecular weight is 473 g/mol. The number of fused-ring (bicyclic) bond motifs is 1. The summed E-state index contributed by atoms with van der Waals surface area (Å²) >= 11 is 8.42. The van der Waals surface area contributed by atoms with E-state index in [9.17, 15) is 4.79 Å². The molecule has 0 unspecified atom stereocenters. The van der Waals surface area contributed by atoms with E-state index in [1.807, 2.05) is 31.2 Å². The van der Waals surface area contributed by atoms with Gasteiger partial charge in [0.05, 0.1) is 22.6 Å². The maximum Gasteiger partial charge on any atom is 0.236 e. The van der Waals surface area contributed by atoms with Crippen molar-refractivity contribution in [3.63, 3.8) is 0 Å². The van der Waals surface area contributed by atoms with E-state index in [0.717, 1.165) is 46.5 Å². The molecule has 0 aliphatic carbocycles. The molecule has 1 amide bonds. The van der Waals surface area contributed by atoms with Gasteiger partial charge in [-0.1, -0.05) is 53.5 Å². The SMILES string of the molecule is CCOc1ccc2nc(NC(=O)CSC(=S)N3CCN(c4ccccc4)CC3)sc2c1. The molecule has 2 aromatic carbocycles. The van der Waals surface area contributed by atoms with Gasteiger partial charge in [0, 0.05) is 31.9 Å². The maximum atomic E-state index is 12.4. The van der Waals surface area contributed by atoms with Crippen molar-refractivity contribution in [3.05, 3.63) is 48.5 Å². The van der Waals surface area contributed by atoms with Crippen LogP contribution in [-0.4, -0.2) is 58.7 Å². The number of thiocarbonyl (C=S) groups is 1. The zero-order valence-electron chi connectivity index (χ0n) is 17.2. The topological polar surface area (TPSA) is 57.7 Å². The molecule has 4 rings (SSSR count). The van der Waals surface area contributed by atoms with Crippen LogP contribution >= 0.6 is 35.3 Å². The molecule has 0 radical (unpaired) electrons. The van der Waals surface area contributed by atoms with Gasteiger partial charge in [-0.25, -0.2) is 4.98 Å². The van der Waals surface area contributed by atoms with Crippen molar-refractivity contribution in [1.29, 1.82) is 0 Å². The molecule has 0 bridgehead atoms. The Morgan fingerprint density at radius 3 is 2.71 bits per heavy atom. The number of hydrogen-bond donors (Lipinski definition) is 1. The summed E-state index contributed by atoms with van der Waals surface area (Å²) in [5.41, 5.74) is 2.09. The van der Waals surface area contributed by atoms with Crippen LogP contribution in [0.3, 0.4) is 0 Å². The van der Waals surface area contributed by atoms with Crippen LogP contribution in [0.25, 0.3) is 10.2 Å². The van der Waals surface area contributed by atoms with E-state index in [-0.39, 0.29) is 11.7 Å². The van der Waals surface area contributed by atoms with E-state index < -0.39 is 0 Å². The summed E-state index contributed by atoms with van der Waals surface area (Å²) in [5.74, 6) is 0.988. The van der Waals surface area contributed by atoms with Crippen molar-refractivity contribution in [2.75, 3.05) is 48.8 Å². The van der Waals surface area contributed by atoms with E-state index in [4.69, 9.17) is 17.0 Å². The number of benzene rings is 2. The van der Waals surface area contributed by atoms with Crippen LogP contribution in [0.15, 0.2) is 48.5 Å². The summed E-state index contributed by atoms with van der Waals surface area (Å²) in [6, 6.07) is 16.2. The smallest absolute Gasteiger partial charge is 0.236 e. The molecule has 9 heteroatoms. The number of rotatable bonds is 6. The molecular formula is C22H24N4O2S3. The quantitative estimate of drug-likeness (QED) is 0.531. The van der Waals surface area contributed by atoms with Gasteiger partial charge >= 0.3 is 0 Å². The second-order valence-electron chi connectivity index (χ2n) is 6.99. The predicted octanol–water partition coefficient (Wildman–Crippen LogP) is 4.47. The first-order chi connectivity index (χ1) is 15.1. The van der Waals surface area contributed by atoms with E-state index >= 15 is 0 Å². The van der Waals surface area contributed by atoms with Crippen molar-refractivity contribution in [2.24, 2.45) is 0 Å². The lowest BCUT2D eigenvalue weighted by Gasteiger charge is -2.37. The largest absolute Gasteiger partial charge is 0.494 e. The number of para-hydroxylation sites is 1. The third-order valence-electron chi connectivity index (χ3n) is 4.90. The van der Waals surface area contributed by atoms with Gasteiger partial charge in [-0.15, -0.1) is 0 Å². The summed E-state index contributed by atoms with van der Waals surface area (Å²) < 4.78 is 7.28. The first-order valence-corrected chi connectivity index (χ1v) is 12.4. The Kier molecular flexibility index (Phi) is 7.26. The number of carbonyl (C=O) groups is 1. The summed E-state index contributed by atoms with van der Waals surface area (Å²) in [6.07, 6.45) is 0. The summed E-state index contributed by atoms with van der Waals surface area (Å²) in [7, 11) is 0. The van der Waals surface area contributed by atoms with E-state index in [1.165, 1.54) is 28.8 Å². The number of hydrogen-bond acceptors (Lipinski definition) is 7. The number of thioether (sulfide) groups is 1. The summed E-state index contributed by atoms with van der Waals surface area (Å²) in [5, 5.41) is 3.48. The zero-order valence-corrected chi connectivity index (χ0v) is 19.7. The van der Waals surface area contributed by atoms with Gasteiger partial charge in [0.2, 0.25) is 5.91 Å². The zero-order chi connectivity index (χ0) is 21.6.